The molecule has 0 spiro atoms. The predicted octanol–water partition coefficient (Wildman–Crippen LogP) is 3.83. The van der Waals surface area contributed by atoms with Crippen LogP contribution in [0.15, 0.2) is 60.7 Å². The number of hydrogen-bond donors (Lipinski definition) is 1. The number of likely N-dealkylation sites (tertiary alicyclic amines) is 1. The standard InChI is InChI=1S/C24H32N2O2/c1-19(21-11-7-4-8-12-21)26-18-15-22(23(26)24(27)28-2)14-17-25-16-13-20-9-5-3-6-10-20/h3-12,19,22-23,25H,13-18H2,1-2H3/t19-,22+,23-/m0/s1. The summed E-state index contributed by atoms with van der Waals surface area (Å²) in [4.78, 5) is 14.9. The predicted molar refractivity (Wildman–Crippen MR) is 113 cm³/mol. The normalized spacial score (nSPS) is 20.8. The Bertz CT molecular complexity index is 720. The van der Waals surface area contributed by atoms with E-state index in [2.05, 4.69) is 65.7 Å². The molecule has 1 N–H and O–H groups in total. The van der Waals surface area contributed by atoms with Crippen molar-refractivity contribution in [2.24, 2.45) is 5.92 Å². The van der Waals surface area contributed by atoms with Gasteiger partial charge in [0.15, 0.2) is 0 Å². The van der Waals surface area contributed by atoms with Gasteiger partial charge in [-0.1, -0.05) is 60.7 Å². The van der Waals surface area contributed by atoms with Gasteiger partial charge >= 0.3 is 5.97 Å². The van der Waals surface area contributed by atoms with Crippen LogP contribution in [0.4, 0.5) is 0 Å². The molecule has 28 heavy (non-hydrogen) atoms. The summed E-state index contributed by atoms with van der Waals surface area (Å²) in [5, 5.41) is 3.54. The highest BCUT2D eigenvalue weighted by Crippen LogP contribution is 2.34. The first-order valence-electron chi connectivity index (χ1n) is 10.3. The number of nitrogens with one attached hydrogen (secondary N) is 1. The fourth-order valence-corrected chi connectivity index (χ4v) is 4.28. The van der Waals surface area contributed by atoms with Crippen molar-refractivity contribution in [3.05, 3.63) is 71.8 Å². The molecule has 3 atom stereocenters. The van der Waals surface area contributed by atoms with Crippen molar-refractivity contribution in [3.63, 3.8) is 0 Å². The summed E-state index contributed by atoms with van der Waals surface area (Å²) in [6, 6.07) is 21.0. The largest absolute Gasteiger partial charge is 0.468 e. The van der Waals surface area contributed by atoms with Crippen LogP contribution in [-0.2, 0) is 16.0 Å². The number of esters is 1. The van der Waals surface area contributed by atoms with E-state index in [9.17, 15) is 4.79 Å². The highest BCUT2D eigenvalue weighted by molar-refractivity contribution is 5.76. The Morgan fingerprint density at radius 3 is 2.46 bits per heavy atom. The molecule has 0 saturated carbocycles. The van der Waals surface area contributed by atoms with Crippen LogP contribution < -0.4 is 5.32 Å². The zero-order valence-corrected chi connectivity index (χ0v) is 17.0. The van der Waals surface area contributed by atoms with Crippen LogP contribution in [0.25, 0.3) is 0 Å². The fourth-order valence-electron chi connectivity index (χ4n) is 4.28. The summed E-state index contributed by atoms with van der Waals surface area (Å²) in [6.07, 6.45) is 3.06. The maximum Gasteiger partial charge on any atom is 0.323 e. The molecule has 1 aliphatic rings. The molecule has 0 radical (unpaired) electrons. The average molecular weight is 381 g/mol. The Labute approximate surface area is 168 Å². The number of methoxy groups -OCH3 is 1. The van der Waals surface area contributed by atoms with Gasteiger partial charge in [-0.25, -0.2) is 0 Å². The average Bonchev–Trinajstić information content (AvgIpc) is 3.17. The lowest BCUT2D eigenvalue weighted by Gasteiger charge is -2.31. The third kappa shape index (κ3) is 5.21. The Morgan fingerprint density at radius 2 is 1.79 bits per heavy atom. The number of hydrogen-bond acceptors (Lipinski definition) is 4. The molecule has 3 rings (SSSR count). The fraction of sp³-hybridized carbons (Fsp3) is 0.458. The van der Waals surface area contributed by atoms with Gasteiger partial charge in [0, 0.05) is 6.04 Å². The Kier molecular flexibility index (Phi) is 7.63. The molecule has 0 aliphatic carbocycles. The number of carbonyl (C=O) groups excluding carboxylic acids is 1. The van der Waals surface area contributed by atoms with Crippen molar-refractivity contribution >= 4 is 5.97 Å². The first kappa shape index (κ1) is 20.6. The number of rotatable bonds is 9. The van der Waals surface area contributed by atoms with Crippen molar-refractivity contribution in [2.75, 3.05) is 26.7 Å². The molecule has 0 bridgehead atoms. The molecular formula is C24H32N2O2. The van der Waals surface area contributed by atoms with Gasteiger partial charge in [0.1, 0.15) is 6.04 Å². The second kappa shape index (κ2) is 10.4. The second-order valence-corrected chi connectivity index (χ2v) is 7.62. The van der Waals surface area contributed by atoms with Crippen LogP contribution >= 0.6 is 0 Å². The van der Waals surface area contributed by atoms with Gasteiger partial charge < -0.3 is 10.1 Å². The molecule has 4 heteroatoms. The van der Waals surface area contributed by atoms with Gasteiger partial charge in [0.05, 0.1) is 7.11 Å². The summed E-state index contributed by atoms with van der Waals surface area (Å²) < 4.78 is 5.16. The maximum absolute atomic E-state index is 12.6. The Morgan fingerprint density at radius 1 is 1.11 bits per heavy atom. The summed E-state index contributed by atoms with van der Waals surface area (Å²) in [7, 11) is 1.50. The summed E-state index contributed by atoms with van der Waals surface area (Å²) in [6.45, 7) is 5.01. The van der Waals surface area contributed by atoms with Gasteiger partial charge in [0.2, 0.25) is 0 Å². The monoisotopic (exact) mass is 380 g/mol. The van der Waals surface area contributed by atoms with E-state index < -0.39 is 0 Å². The van der Waals surface area contributed by atoms with E-state index in [4.69, 9.17) is 4.74 Å². The minimum Gasteiger partial charge on any atom is -0.468 e. The number of carbonyl (C=O) groups is 1. The summed E-state index contributed by atoms with van der Waals surface area (Å²) in [5.74, 6) is 0.234. The number of ether oxygens (including phenoxy) is 1. The molecule has 4 nitrogen and oxygen atoms in total. The minimum atomic E-state index is -0.156. The third-order valence-corrected chi connectivity index (χ3v) is 5.91. The van der Waals surface area contributed by atoms with Crippen molar-refractivity contribution in [3.8, 4) is 0 Å². The van der Waals surface area contributed by atoms with Crippen molar-refractivity contribution in [2.45, 2.75) is 38.3 Å². The molecule has 2 aromatic rings. The van der Waals surface area contributed by atoms with Gasteiger partial charge in [-0.3, -0.25) is 9.69 Å². The van der Waals surface area contributed by atoms with Crippen LogP contribution in [0.3, 0.4) is 0 Å². The van der Waals surface area contributed by atoms with Crippen LogP contribution in [0, 0.1) is 5.92 Å². The molecular weight excluding hydrogens is 348 g/mol. The SMILES string of the molecule is COC(=O)[C@@H]1[C@H](CCNCCc2ccccc2)CCN1[C@@H](C)c1ccccc1. The van der Waals surface area contributed by atoms with Crippen molar-refractivity contribution in [1.29, 1.82) is 0 Å². The second-order valence-electron chi connectivity index (χ2n) is 7.62. The molecule has 0 amide bonds. The van der Waals surface area contributed by atoms with Crippen molar-refractivity contribution in [1.82, 2.24) is 10.2 Å². The summed E-state index contributed by atoms with van der Waals surface area (Å²) >= 11 is 0. The zero-order valence-electron chi connectivity index (χ0n) is 17.0. The zero-order chi connectivity index (χ0) is 19.8. The van der Waals surface area contributed by atoms with E-state index in [0.29, 0.717) is 5.92 Å². The molecule has 150 valence electrons. The van der Waals surface area contributed by atoms with E-state index in [1.54, 1.807) is 0 Å². The topological polar surface area (TPSA) is 41.6 Å². The van der Waals surface area contributed by atoms with E-state index in [-0.39, 0.29) is 18.1 Å². The van der Waals surface area contributed by atoms with Crippen molar-refractivity contribution < 1.29 is 9.53 Å². The van der Waals surface area contributed by atoms with Crippen LogP contribution in [0.1, 0.15) is 36.9 Å². The molecule has 1 saturated heterocycles. The molecule has 2 aromatic carbocycles. The molecule has 1 heterocycles. The maximum atomic E-state index is 12.6. The van der Waals surface area contributed by atoms with Crippen LogP contribution in [-0.4, -0.2) is 43.7 Å². The Hall–Kier alpha value is -2.17. The van der Waals surface area contributed by atoms with E-state index in [1.165, 1.54) is 18.2 Å². The highest BCUT2D eigenvalue weighted by Gasteiger charge is 2.41. The lowest BCUT2D eigenvalue weighted by atomic mass is 9.95. The molecule has 0 unspecified atom stereocenters. The lowest BCUT2D eigenvalue weighted by Crippen LogP contribution is -2.42. The first-order valence-corrected chi connectivity index (χ1v) is 10.3. The number of nitrogens with zero attached hydrogens (tertiary/aromatic N) is 1. The number of benzene rings is 2. The smallest absolute Gasteiger partial charge is 0.323 e. The van der Waals surface area contributed by atoms with Crippen LogP contribution in [0.5, 0.6) is 0 Å². The van der Waals surface area contributed by atoms with Gasteiger partial charge in [-0.05, 0) is 62.9 Å². The quantitative estimate of drug-likeness (QED) is 0.530. The Balaban J connectivity index is 1.53. The highest BCUT2D eigenvalue weighted by atomic mass is 16.5. The minimum absolute atomic E-state index is 0.102. The van der Waals surface area contributed by atoms with Gasteiger partial charge in [0.25, 0.3) is 0 Å². The molecule has 1 fully saturated rings. The van der Waals surface area contributed by atoms with E-state index in [1.807, 2.05) is 12.1 Å². The van der Waals surface area contributed by atoms with Gasteiger partial charge in [-0.2, -0.15) is 0 Å². The first-order chi connectivity index (χ1) is 13.7. The molecule has 0 aromatic heterocycles. The van der Waals surface area contributed by atoms with E-state index >= 15 is 0 Å². The summed E-state index contributed by atoms with van der Waals surface area (Å²) in [5.41, 5.74) is 2.60. The lowest BCUT2D eigenvalue weighted by molar-refractivity contribution is -0.148. The van der Waals surface area contributed by atoms with Crippen LogP contribution in [0.2, 0.25) is 0 Å². The van der Waals surface area contributed by atoms with E-state index in [0.717, 1.165) is 38.9 Å². The van der Waals surface area contributed by atoms with Gasteiger partial charge in [-0.15, -0.1) is 0 Å². The molecule has 1 aliphatic heterocycles. The third-order valence-electron chi connectivity index (χ3n) is 5.91.